The van der Waals surface area contributed by atoms with Gasteiger partial charge in [0.1, 0.15) is 18.8 Å². The number of fused-ring (bicyclic) bond motifs is 4. The number of aromatic hydroxyl groups is 2. The summed E-state index contributed by atoms with van der Waals surface area (Å²) in [4.78, 5) is 0. The quantitative estimate of drug-likeness (QED) is 0.258. The number of hydrogen-bond donors (Lipinski definition) is 5. The molecule has 2 aromatic carbocycles. The Labute approximate surface area is 245 Å². The highest BCUT2D eigenvalue weighted by Gasteiger charge is 2.24. The van der Waals surface area contributed by atoms with Crippen molar-refractivity contribution < 1.29 is 10.2 Å². The summed E-state index contributed by atoms with van der Waals surface area (Å²) in [6.45, 7) is 26.9. The highest BCUT2D eigenvalue weighted by Crippen LogP contribution is 2.34. The summed E-state index contributed by atoms with van der Waals surface area (Å²) in [6.07, 6.45) is 1.91. The maximum atomic E-state index is 11.3. The number of nitrogens with one attached hydrogen (secondary N) is 3. The molecule has 1 aliphatic heterocycles. The lowest BCUT2D eigenvalue weighted by atomic mass is 9.60. The van der Waals surface area contributed by atoms with Crippen LogP contribution in [0.25, 0.3) is 0 Å². The Hall–Kier alpha value is -2.02. The van der Waals surface area contributed by atoms with Crippen molar-refractivity contribution >= 4 is 7.28 Å². The van der Waals surface area contributed by atoms with Crippen molar-refractivity contribution in [1.82, 2.24) is 16.0 Å². The number of benzene rings is 2. The van der Waals surface area contributed by atoms with Gasteiger partial charge in [-0.3, -0.25) is 0 Å². The van der Waals surface area contributed by atoms with Crippen molar-refractivity contribution in [3.8, 4) is 11.5 Å². The van der Waals surface area contributed by atoms with Gasteiger partial charge in [0.2, 0.25) is 0 Å². The van der Waals surface area contributed by atoms with Gasteiger partial charge in [0, 0.05) is 49.4 Å². The van der Waals surface area contributed by atoms with E-state index in [0.29, 0.717) is 31.1 Å². The minimum atomic E-state index is -0.00581. The Morgan fingerprint density at radius 2 is 0.950 bits per heavy atom. The Morgan fingerprint density at radius 3 is 1.35 bits per heavy atom. The third kappa shape index (κ3) is 8.99. The second kappa shape index (κ2) is 12.5. The molecule has 222 valence electrons. The fourth-order valence-corrected chi connectivity index (χ4v) is 5.50. The van der Waals surface area contributed by atoms with E-state index in [2.05, 4.69) is 109 Å². The maximum absolute atomic E-state index is 11.3. The topological polar surface area (TPSA) is 76.5 Å². The van der Waals surface area contributed by atoms with Crippen LogP contribution in [-0.4, -0.2) is 37.1 Å². The lowest BCUT2D eigenvalue weighted by Crippen LogP contribution is -2.37. The van der Waals surface area contributed by atoms with Gasteiger partial charge in [-0.15, -0.1) is 0 Å². The van der Waals surface area contributed by atoms with Gasteiger partial charge in [-0.1, -0.05) is 99.8 Å². The van der Waals surface area contributed by atoms with Crippen LogP contribution < -0.4 is 16.0 Å². The summed E-state index contributed by atoms with van der Waals surface area (Å²) in [7, 11) is 1.01. The summed E-state index contributed by atoms with van der Waals surface area (Å²) in [6, 6.07) is 8.73. The molecule has 1 heterocycles. The van der Waals surface area contributed by atoms with E-state index in [1.165, 1.54) is 11.1 Å². The van der Waals surface area contributed by atoms with Crippen LogP contribution >= 0.6 is 0 Å². The number of phenols is 2. The highest BCUT2D eigenvalue weighted by molar-refractivity contribution is 6.35. The van der Waals surface area contributed by atoms with Crippen LogP contribution in [0.1, 0.15) is 103 Å². The molecule has 40 heavy (non-hydrogen) atoms. The zero-order valence-electron chi connectivity index (χ0n) is 27.1. The van der Waals surface area contributed by atoms with Gasteiger partial charge in [-0.05, 0) is 51.2 Å². The second-order valence-electron chi connectivity index (χ2n) is 15.8. The molecule has 1 aliphatic rings. The molecule has 0 fully saturated rings. The molecule has 0 radical (unpaired) electrons. The molecule has 3 rings (SSSR count). The molecule has 2 aromatic rings. The lowest BCUT2D eigenvalue weighted by Gasteiger charge is -2.28. The zero-order valence-corrected chi connectivity index (χ0v) is 27.1. The fraction of sp³-hybridized carbons (Fsp3) is 0.647. The Kier molecular flexibility index (Phi) is 10.1. The SMILES string of the molecule is CC1(C)CBCc2cc(C(C)(C)C)cc(c2O)CNCC(C)(C)CNCc2cc(C(C)(C)C)cc(c2O)CNC1. The van der Waals surface area contributed by atoms with Gasteiger partial charge in [0.05, 0.1) is 0 Å². The molecule has 0 aliphatic carbocycles. The summed E-state index contributed by atoms with van der Waals surface area (Å²) >= 11 is 0. The molecule has 0 amide bonds. The zero-order chi connectivity index (χ0) is 29.9. The highest BCUT2D eigenvalue weighted by atomic mass is 16.3. The molecule has 0 saturated carbocycles. The first-order valence-electron chi connectivity index (χ1n) is 15.2. The smallest absolute Gasteiger partial charge is 0.126 e. The molecule has 0 saturated heterocycles. The first-order chi connectivity index (χ1) is 18.4. The minimum Gasteiger partial charge on any atom is -0.507 e. The molecule has 6 heteroatoms. The third-order valence-corrected chi connectivity index (χ3v) is 8.32. The molecular formula is C34H56BN3O2. The maximum Gasteiger partial charge on any atom is 0.126 e. The fourth-order valence-electron chi connectivity index (χ4n) is 5.50. The van der Waals surface area contributed by atoms with E-state index in [1.54, 1.807) is 0 Å². The number of rotatable bonds is 0. The van der Waals surface area contributed by atoms with Crippen LogP contribution in [0.2, 0.25) is 6.32 Å². The molecule has 5 N–H and O–H groups in total. The molecule has 0 unspecified atom stereocenters. The molecule has 0 atom stereocenters. The van der Waals surface area contributed by atoms with Gasteiger partial charge in [0.15, 0.2) is 0 Å². The summed E-state index contributed by atoms with van der Waals surface area (Å²) < 4.78 is 0. The average Bonchev–Trinajstić information content (AvgIpc) is 2.80. The van der Waals surface area contributed by atoms with E-state index >= 15 is 0 Å². The number of phenolic OH excluding ortho intramolecular Hbond substituents is 2. The van der Waals surface area contributed by atoms with Gasteiger partial charge >= 0.3 is 0 Å². The first kappa shape index (κ1) is 32.5. The van der Waals surface area contributed by atoms with E-state index in [-0.39, 0.29) is 21.7 Å². The first-order valence-corrected chi connectivity index (χ1v) is 15.2. The third-order valence-electron chi connectivity index (χ3n) is 8.32. The van der Waals surface area contributed by atoms with Crippen molar-refractivity contribution in [1.29, 1.82) is 0 Å². The van der Waals surface area contributed by atoms with Crippen LogP contribution in [0.4, 0.5) is 0 Å². The molecule has 0 spiro atoms. The van der Waals surface area contributed by atoms with E-state index in [1.807, 2.05) is 0 Å². The van der Waals surface area contributed by atoms with E-state index < -0.39 is 0 Å². The van der Waals surface area contributed by atoms with Crippen molar-refractivity contribution in [3.63, 3.8) is 0 Å². The van der Waals surface area contributed by atoms with Crippen LogP contribution in [0.15, 0.2) is 24.3 Å². The van der Waals surface area contributed by atoms with Gasteiger partial charge in [0.25, 0.3) is 0 Å². The average molecular weight is 550 g/mol. The van der Waals surface area contributed by atoms with Crippen LogP contribution in [0.3, 0.4) is 0 Å². The largest absolute Gasteiger partial charge is 0.507 e. The Bertz CT molecular complexity index is 1000. The second-order valence-corrected chi connectivity index (χ2v) is 15.8. The lowest BCUT2D eigenvalue weighted by molar-refractivity contribution is 0.316. The molecule has 5 nitrogen and oxygen atoms in total. The Morgan fingerprint density at radius 1 is 0.600 bits per heavy atom. The van der Waals surface area contributed by atoms with Gasteiger partial charge in [-0.2, -0.15) is 0 Å². The van der Waals surface area contributed by atoms with Crippen molar-refractivity contribution in [2.24, 2.45) is 10.8 Å². The van der Waals surface area contributed by atoms with Crippen LogP contribution in [0.5, 0.6) is 11.5 Å². The summed E-state index contributed by atoms with van der Waals surface area (Å²) in [5.74, 6) is 0.852. The van der Waals surface area contributed by atoms with Gasteiger partial charge < -0.3 is 26.2 Å². The van der Waals surface area contributed by atoms with Crippen LogP contribution in [-0.2, 0) is 36.8 Å². The van der Waals surface area contributed by atoms with Gasteiger partial charge in [-0.25, -0.2) is 0 Å². The predicted molar refractivity (Wildman–Crippen MR) is 172 cm³/mol. The molecular weight excluding hydrogens is 493 g/mol. The predicted octanol–water partition coefficient (Wildman–Crippen LogP) is 6.08. The number of hydrogen-bond acceptors (Lipinski definition) is 5. The summed E-state index contributed by atoms with van der Waals surface area (Å²) in [5.41, 5.74) is 6.59. The standard InChI is InChI=1S/C34H56BN3O2/c1-31(2,3)27-11-23-15-35-19-33(7,8)20-36-17-25-13-28(32(4,5)6)14-26(30(25)40)18-38-22-34(9,10)21-37-16-24(12-27)29(23)39/h11-14,35-40H,15-22H2,1-10H3. The monoisotopic (exact) mass is 549 g/mol. The normalized spacial score (nSPS) is 19.4. The summed E-state index contributed by atoms with van der Waals surface area (Å²) in [5, 5.41) is 33.4. The minimum absolute atomic E-state index is 0.00170. The molecule has 4 bridgehead atoms. The van der Waals surface area contributed by atoms with E-state index in [9.17, 15) is 10.2 Å². The van der Waals surface area contributed by atoms with E-state index in [4.69, 9.17) is 0 Å². The Balaban J connectivity index is 1.91. The van der Waals surface area contributed by atoms with Crippen molar-refractivity contribution in [3.05, 3.63) is 57.6 Å². The van der Waals surface area contributed by atoms with E-state index in [0.717, 1.165) is 61.8 Å². The van der Waals surface area contributed by atoms with Crippen molar-refractivity contribution in [2.45, 2.75) is 112 Å². The molecule has 0 aromatic heterocycles. The van der Waals surface area contributed by atoms with Crippen molar-refractivity contribution in [2.75, 3.05) is 19.6 Å². The van der Waals surface area contributed by atoms with Crippen LogP contribution in [0, 0.1) is 10.8 Å².